The minimum Gasteiger partial charge on any atom is -0.382 e. The van der Waals surface area contributed by atoms with Gasteiger partial charge in [0.2, 0.25) is 0 Å². The molecule has 1 saturated heterocycles. The van der Waals surface area contributed by atoms with E-state index in [1.54, 1.807) is 19.1 Å². The second-order valence-electron chi connectivity index (χ2n) is 7.95. The van der Waals surface area contributed by atoms with Gasteiger partial charge in [0.05, 0.1) is 22.8 Å². The van der Waals surface area contributed by atoms with Crippen LogP contribution in [0.4, 0.5) is 16.0 Å². The summed E-state index contributed by atoms with van der Waals surface area (Å²) in [6, 6.07) is 7.54. The number of halogens is 1. The van der Waals surface area contributed by atoms with E-state index in [1.807, 2.05) is 6.07 Å². The lowest BCUT2D eigenvalue weighted by molar-refractivity contribution is 0.0642. The monoisotopic (exact) mass is 449 g/mol. The number of fused-ring (bicyclic) bond motifs is 1. The van der Waals surface area contributed by atoms with Gasteiger partial charge in [0, 0.05) is 25.1 Å². The number of nitrogens with zero attached hydrogens (tertiary/aromatic N) is 4. The van der Waals surface area contributed by atoms with Gasteiger partial charge in [0.15, 0.2) is 0 Å². The van der Waals surface area contributed by atoms with Gasteiger partial charge >= 0.3 is 0 Å². The summed E-state index contributed by atoms with van der Waals surface area (Å²) in [5, 5.41) is 15.7. The average Bonchev–Trinajstić information content (AvgIpc) is 2.83. The minimum atomic E-state index is -0.539. The third kappa shape index (κ3) is 4.83. The molecule has 10 heteroatoms. The summed E-state index contributed by atoms with van der Waals surface area (Å²) >= 11 is 0. The number of ether oxygens (including phenoxy) is 1. The fourth-order valence-electron chi connectivity index (χ4n) is 3.86. The van der Waals surface area contributed by atoms with Crippen molar-refractivity contribution in [1.82, 2.24) is 20.3 Å². The zero-order valence-electron chi connectivity index (χ0n) is 18.1. The highest BCUT2D eigenvalue weighted by atomic mass is 19.1. The standard InChI is InChI=1S/C23H24FN7O2/c1-13(30-22-17(10-25)21(26)28-12-29-22)20-16(9-15-18(24)3-2-4-19(15)31-20)23(32)27-11-14-5-7-33-8-6-14/h2-4,9,12-14H,5-8,11H2,1H3,(H,27,32)(H3,26,28,29,30). The number of anilines is 2. The second-order valence-corrected chi connectivity index (χ2v) is 7.95. The molecule has 0 aliphatic carbocycles. The first-order valence-corrected chi connectivity index (χ1v) is 10.7. The van der Waals surface area contributed by atoms with E-state index < -0.39 is 11.9 Å². The molecule has 4 rings (SSSR count). The van der Waals surface area contributed by atoms with Crippen LogP contribution in [-0.4, -0.2) is 40.6 Å². The van der Waals surface area contributed by atoms with Crippen LogP contribution in [0.3, 0.4) is 0 Å². The molecule has 1 atom stereocenters. The van der Waals surface area contributed by atoms with Crippen LogP contribution in [0.5, 0.6) is 0 Å². The summed E-state index contributed by atoms with van der Waals surface area (Å²) in [4.78, 5) is 25.7. The van der Waals surface area contributed by atoms with Gasteiger partial charge in [-0.25, -0.2) is 19.3 Å². The predicted octanol–water partition coefficient (Wildman–Crippen LogP) is 2.95. The number of nitriles is 1. The van der Waals surface area contributed by atoms with Gasteiger partial charge in [0.25, 0.3) is 5.91 Å². The number of carbonyl (C=O) groups excluding carboxylic acids is 1. The van der Waals surface area contributed by atoms with Crippen LogP contribution in [0.1, 0.15) is 47.4 Å². The molecule has 1 amide bonds. The predicted molar refractivity (Wildman–Crippen MR) is 121 cm³/mol. The van der Waals surface area contributed by atoms with Crippen LogP contribution in [-0.2, 0) is 4.74 Å². The summed E-state index contributed by atoms with van der Waals surface area (Å²) in [5.74, 6) is -0.196. The Labute approximate surface area is 190 Å². The average molecular weight is 449 g/mol. The number of rotatable bonds is 6. The number of amides is 1. The van der Waals surface area contributed by atoms with E-state index in [2.05, 4.69) is 25.6 Å². The van der Waals surface area contributed by atoms with Gasteiger partial charge in [-0.2, -0.15) is 5.26 Å². The Balaban J connectivity index is 1.67. The van der Waals surface area contributed by atoms with Crippen molar-refractivity contribution in [1.29, 1.82) is 5.26 Å². The van der Waals surface area contributed by atoms with Crippen LogP contribution in [0, 0.1) is 23.1 Å². The molecule has 0 bridgehead atoms. The smallest absolute Gasteiger partial charge is 0.253 e. The van der Waals surface area contributed by atoms with E-state index in [4.69, 9.17) is 10.5 Å². The van der Waals surface area contributed by atoms with Gasteiger partial charge < -0.3 is 21.1 Å². The number of benzene rings is 1. The van der Waals surface area contributed by atoms with E-state index in [0.29, 0.717) is 36.9 Å². The number of nitrogen functional groups attached to an aromatic ring is 1. The van der Waals surface area contributed by atoms with Crippen molar-refractivity contribution in [3.05, 3.63) is 53.2 Å². The molecule has 2 aromatic heterocycles. The first-order valence-electron chi connectivity index (χ1n) is 10.7. The van der Waals surface area contributed by atoms with Crippen molar-refractivity contribution in [2.24, 2.45) is 5.92 Å². The lowest BCUT2D eigenvalue weighted by atomic mass is 9.99. The molecular weight excluding hydrogens is 425 g/mol. The normalized spacial score (nSPS) is 15.1. The van der Waals surface area contributed by atoms with Crippen molar-refractivity contribution in [2.75, 3.05) is 30.8 Å². The van der Waals surface area contributed by atoms with Gasteiger partial charge in [-0.05, 0) is 43.9 Å². The van der Waals surface area contributed by atoms with E-state index in [9.17, 15) is 14.4 Å². The molecule has 4 N–H and O–H groups in total. The van der Waals surface area contributed by atoms with E-state index >= 15 is 0 Å². The molecule has 1 unspecified atom stereocenters. The van der Waals surface area contributed by atoms with Gasteiger partial charge in [-0.1, -0.05) is 6.07 Å². The Kier molecular flexibility index (Phi) is 6.60. The maximum atomic E-state index is 14.5. The largest absolute Gasteiger partial charge is 0.382 e. The molecule has 33 heavy (non-hydrogen) atoms. The van der Waals surface area contributed by atoms with Crippen molar-refractivity contribution < 1.29 is 13.9 Å². The first-order chi connectivity index (χ1) is 16.0. The Morgan fingerprint density at radius 2 is 2.15 bits per heavy atom. The molecule has 3 heterocycles. The number of aromatic nitrogens is 3. The fraction of sp³-hybridized carbons (Fsp3) is 0.348. The Hall–Kier alpha value is -3.84. The van der Waals surface area contributed by atoms with Gasteiger partial charge in [-0.3, -0.25) is 4.79 Å². The van der Waals surface area contributed by atoms with Crippen LogP contribution in [0.25, 0.3) is 10.9 Å². The number of hydrogen-bond acceptors (Lipinski definition) is 8. The fourth-order valence-corrected chi connectivity index (χ4v) is 3.86. The third-order valence-corrected chi connectivity index (χ3v) is 5.72. The summed E-state index contributed by atoms with van der Waals surface area (Å²) in [7, 11) is 0. The zero-order chi connectivity index (χ0) is 23.4. The van der Waals surface area contributed by atoms with Crippen molar-refractivity contribution >= 4 is 28.4 Å². The minimum absolute atomic E-state index is 0.0465. The highest BCUT2D eigenvalue weighted by Crippen LogP contribution is 2.27. The Morgan fingerprint density at radius 3 is 2.91 bits per heavy atom. The molecule has 3 aromatic rings. The summed E-state index contributed by atoms with van der Waals surface area (Å²) in [6.45, 7) is 3.64. The maximum Gasteiger partial charge on any atom is 0.253 e. The molecule has 170 valence electrons. The number of pyridine rings is 1. The lowest BCUT2D eigenvalue weighted by Crippen LogP contribution is -2.33. The molecule has 0 radical (unpaired) electrons. The topological polar surface area (TPSA) is 139 Å². The SMILES string of the molecule is CC(Nc1ncnc(N)c1C#N)c1nc2cccc(F)c2cc1C(=O)NCC1CCOCC1. The van der Waals surface area contributed by atoms with Crippen molar-refractivity contribution in [2.45, 2.75) is 25.8 Å². The number of nitrogens with one attached hydrogen (secondary N) is 2. The van der Waals surface area contributed by atoms with Crippen LogP contribution in [0.15, 0.2) is 30.6 Å². The number of carbonyl (C=O) groups is 1. The van der Waals surface area contributed by atoms with Crippen molar-refractivity contribution in [3.63, 3.8) is 0 Å². The highest BCUT2D eigenvalue weighted by molar-refractivity contribution is 5.99. The van der Waals surface area contributed by atoms with E-state index in [1.165, 1.54) is 18.5 Å². The highest BCUT2D eigenvalue weighted by Gasteiger charge is 2.23. The summed E-state index contributed by atoms with van der Waals surface area (Å²) in [5.41, 5.74) is 6.95. The van der Waals surface area contributed by atoms with Crippen LogP contribution >= 0.6 is 0 Å². The Morgan fingerprint density at radius 1 is 1.36 bits per heavy atom. The first kappa shape index (κ1) is 22.4. The molecule has 0 saturated carbocycles. The summed E-state index contributed by atoms with van der Waals surface area (Å²) < 4.78 is 19.8. The van der Waals surface area contributed by atoms with E-state index in [-0.39, 0.29) is 34.1 Å². The quantitative estimate of drug-likeness (QED) is 0.522. The van der Waals surface area contributed by atoms with Gasteiger partial charge in [-0.15, -0.1) is 0 Å². The number of hydrogen-bond donors (Lipinski definition) is 3. The maximum absolute atomic E-state index is 14.5. The molecule has 1 aliphatic heterocycles. The van der Waals surface area contributed by atoms with Gasteiger partial charge in [0.1, 0.15) is 35.4 Å². The number of nitrogens with two attached hydrogens (primary N) is 1. The Bertz CT molecular complexity index is 1220. The molecule has 9 nitrogen and oxygen atoms in total. The molecule has 1 aromatic carbocycles. The van der Waals surface area contributed by atoms with Crippen LogP contribution < -0.4 is 16.4 Å². The van der Waals surface area contributed by atoms with E-state index in [0.717, 1.165) is 12.8 Å². The van der Waals surface area contributed by atoms with Crippen molar-refractivity contribution in [3.8, 4) is 6.07 Å². The molecule has 1 aliphatic rings. The molecular formula is C23H24FN7O2. The lowest BCUT2D eigenvalue weighted by Gasteiger charge is -2.23. The second kappa shape index (κ2) is 9.75. The third-order valence-electron chi connectivity index (χ3n) is 5.72. The molecule has 0 spiro atoms. The molecule has 1 fully saturated rings. The van der Waals surface area contributed by atoms with Crippen LogP contribution in [0.2, 0.25) is 0 Å². The zero-order valence-corrected chi connectivity index (χ0v) is 18.1. The summed E-state index contributed by atoms with van der Waals surface area (Å²) in [6.07, 6.45) is 3.00.